The molecule has 0 saturated carbocycles. The lowest BCUT2D eigenvalue weighted by Gasteiger charge is -2.13. The highest BCUT2D eigenvalue weighted by atomic mass is 19.4. The second-order valence-electron chi connectivity index (χ2n) is 7.50. The van der Waals surface area contributed by atoms with Gasteiger partial charge in [-0.3, -0.25) is 4.79 Å². The molecule has 4 rings (SSSR count). The number of anilines is 2. The summed E-state index contributed by atoms with van der Waals surface area (Å²) in [4.78, 5) is 28.8. The van der Waals surface area contributed by atoms with Gasteiger partial charge in [-0.25, -0.2) is 23.5 Å². The van der Waals surface area contributed by atoms with Crippen molar-refractivity contribution in [2.75, 3.05) is 5.32 Å². The van der Waals surface area contributed by atoms with Crippen LogP contribution in [-0.2, 0) is 28.9 Å². The van der Waals surface area contributed by atoms with E-state index in [0.717, 1.165) is 48.3 Å². The molecule has 3 N–H and O–H groups in total. The minimum atomic E-state index is -5.08. The van der Waals surface area contributed by atoms with Crippen LogP contribution in [0.15, 0.2) is 42.5 Å². The largest absolute Gasteiger partial charge is 0.490 e. The van der Waals surface area contributed by atoms with E-state index in [1.807, 2.05) is 0 Å². The molecule has 0 unspecified atom stereocenters. The summed E-state index contributed by atoms with van der Waals surface area (Å²) in [5, 5.41) is 19.2. The van der Waals surface area contributed by atoms with E-state index in [4.69, 9.17) is 15.0 Å². The molecular formula is C23H18F5N3O4. The monoisotopic (exact) mass is 495 g/mol. The van der Waals surface area contributed by atoms with E-state index in [-0.39, 0.29) is 6.42 Å². The Bertz CT molecular complexity index is 1250. The van der Waals surface area contributed by atoms with E-state index >= 15 is 0 Å². The fourth-order valence-electron chi connectivity index (χ4n) is 3.32. The number of carboxylic acid groups (broad SMARTS) is 2. The van der Waals surface area contributed by atoms with Gasteiger partial charge in [0.25, 0.3) is 0 Å². The Morgan fingerprint density at radius 2 is 1.60 bits per heavy atom. The van der Waals surface area contributed by atoms with Crippen molar-refractivity contribution in [3.05, 3.63) is 70.9 Å². The number of nitrogens with one attached hydrogen (secondary N) is 1. The Morgan fingerprint density at radius 3 is 2.17 bits per heavy atom. The molecule has 184 valence electrons. The van der Waals surface area contributed by atoms with Crippen LogP contribution >= 0.6 is 0 Å². The van der Waals surface area contributed by atoms with Gasteiger partial charge >= 0.3 is 18.1 Å². The van der Waals surface area contributed by atoms with E-state index in [0.29, 0.717) is 22.8 Å². The molecule has 1 heterocycles. The molecule has 2 aromatic carbocycles. The van der Waals surface area contributed by atoms with Crippen molar-refractivity contribution in [1.82, 2.24) is 9.97 Å². The molecule has 0 aliphatic heterocycles. The van der Waals surface area contributed by atoms with Crippen LogP contribution in [0.3, 0.4) is 0 Å². The molecule has 1 aliphatic carbocycles. The van der Waals surface area contributed by atoms with Gasteiger partial charge in [0.05, 0.1) is 6.42 Å². The van der Waals surface area contributed by atoms with Crippen molar-refractivity contribution < 1.29 is 41.8 Å². The molecule has 1 aromatic heterocycles. The third-order valence-electron chi connectivity index (χ3n) is 4.93. The van der Waals surface area contributed by atoms with Gasteiger partial charge < -0.3 is 15.5 Å². The zero-order chi connectivity index (χ0) is 25.8. The lowest BCUT2D eigenvalue weighted by molar-refractivity contribution is -0.192. The lowest BCUT2D eigenvalue weighted by Crippen LogP contribution is -2.21. The van der Waals surface area contributed by atoms with Gasteiger partial charge in [0.15, 0.2) is 17.5 Å². The topological polar surface area (TPSA) is 112 Å². The highest BCUT2D eigenvalue weighted by Crippen LogP contribution is 2.31. The van der Waals surface area contributed by atoms with Gasteiger partial charge in [-0.1, -0.05) is 12.1 Å². The number of nitrogens with zero attached hydrogens (tertiary/aromatic N) is 2. The first-order valence-corrected chi connectivity index (χ1v) is 10.2. The molecule has 7 nitrogen and oxygen atoms in total. The van der Waals surface area contributed by atoms with Crippen LogP contribution in [0.5, 0.6) is 0 Å². The van der Waals surface area contributed by atoms with Gasteiger partial charge in [-0.15, -0.1) is 0 Å². The van der Waals surface area contributed by atoms with Crippen LogP contribution in [0.1, 0.15) is 23.2 Å². The number of hydrogen-bond donors (Lipinski definition) is 3. The number of hydrogen-bond acceptors (Lipinski definition) is 5. The Balaban J connectivity index is 0.000000429. The number of aryl methyl sites for hydroxylation is 1. The number of aromatic nitrogens is 2. The maximum absolute atomic E-state index is 13.6. The van der Waals surface area contributed by atoms with Gasteiger partial charge in [0.1, 0.15) is 5.82 Å². The molecular weight excluding hydrogens is 477 g/mol. The summed E-state index contributed by atoms with van der Waals surface area (Å²) in [6, 6.07) is 10.7. The standard InChI is InChI=1S/C21H17F2N3O2.C2HF3O2/c22-16-9-6-13(11-17(16)23)20-25-18-3-1-2-15(18)21(26-20)24-14-7-4-12(5-8-14)10-19(27)28;3-2(4,5)1(6)7/h4-9,11H,1-3,10H2,(H,27,28)(H,24,25,26);(H,6,7). The SMILES string of the molecule is O=C(O)C(F)(F)F.O=C(O)Cc1ccc(Nc2nc(-c3ccc(F)c(F)c3)nc3c2CCC3)cc1. The van der Waals surface area contributed by atoms with Crippen LogP contribution in [0.2, 0.25) is 0 Å². The zero-order valence-electron chi connectivity index (χ0n) is 17.9. The van der Waals surface area contributed by atoms with Crippen molar-refractivity contribution in [3.8, 4) is 11.4 Å². The fraction of sp³-hybridized carbons (Fsp3) is 0.217. The van der Waals surface area contributed by atoms with Crippen LogP contribution in [-0.4, -0.2) is 38.3 Å². The zero-order valence-corrected chi connectivity index (χ0v) is 17.9. The summed E-state index contributed by atoms with van der Waals surface area (Å²) in [5.41, 5.74) is 3.79. The van der Waals surface area contributed by atoms with E-state index < -0.39 is 29.7 Å². The van der Waals surface area contributed by atoms with Crippen molar-refractivity contribution in [3.63, 3.8) is 0 Å². The quantitative estimate of drug-likeness (QED) is 0.431. The number of carboxylic acids is 2. The van der Waals surface area contributed by atoms with Crippen molar-refractivity contribution >= 4 is 23.4 Å². The smallest absolute Gasteiger partial charge is 0.481 e. The molecule has 0 radical (unpaired) electrons. The Morgan fingerprint density at radius 1 is 0.943 bits per heavy atom. The van der Waals surface area contributed by atoms with Crippen molar-refractivity contribution in [2.24, 2.45) is 0 Å². The average Bonchev–Trinajstić information content (AvgIpc) is 3.25. The van der Waals surface area contributed by atoms with Crippen molar-refractivity contribution in [2.45, 2.75) is 31.9 Å². The minimum Gasteiger partial charge on any atom is -0.481 e. The Hall–Kier alpha value is -4.09. The van der Waals surface area contributed by atoms with Gasteiger partial charge in [0, 0.05) is 22.5 Å². The number of aliphatic carboxylic acids is 2. The average molecular weight is 495 g/mol. The Kier molecular flexibility index (Phi) is 7.62. The summed E-state index contributed by atoms with van der Waals surface area (Å²) in [6.45, 7) is 0. The van der Waals surface area contributed by atoms with Crippen LogP contribution < -0.4 is 5.32 Å². The Labute approximate surface area is 195 Å². The van der Waals surface area contributed by atoms with E-state index in [9.17, 15) is 26.7 Å². The molecule has 0 atom stereocenters. The second-order valence-corrected chi connectivity index (χ2v) is 7.50. The summed E-state index contributed by atoms with van der Waals surface area (Å²) in [5.74, 6) is -4.52. The predicted octanol–water partition coefficient (Wildman–Crippen LogP) is 4.91. The maximum Gasteiger partial charge on any atom is 0.490 e. The van der Waals surface area contributed by atoms with Crippen LogP contribution in [0, 0.1) is 11.6 Å². The van der Waals surface area contributed by atoms with Gasteiger partial charge in [-0.2, -0.15) is 13.2 Å². The molecule has 3 aromatic rings. The number of carbonyl (C=O) groups is 2. The molecule has 0 bridgehead atoms. The first-order valence-electron chi connectivity index (χ1n) is 10.2. The van der Waals surface area contributed by atoms with Gasteiger partial charge in [0.2, 0.25) is 0 Å². The summed E-state index contributed by atoms with van der Waals surface area (Å²) in [6.07, 6.45) is -2.52. The highest BCUT2D eigenvalue weighted by Gasteiger charge is 2.38. The third kappa shape index (κ3) is 6.71. The van der Waals surface area contributed by atoms with Crippen molar-refractivity contribution in [1.29, 1.82) is 0 Å². The normalized spacial score (nSPS) is 12.4. The van der Waals surface area contributed by atoms with E-state index in [1.54, 1.807) is 24.3 Å². The number of alkyl halides is 3. The van der Waals surface area contributed by atoms with Crippen LogP contribution in [0.25, 0.3) is 11.4 Å². The predicted molar refractivity (Wildman–Crippen MR) is 114 cm³/mol. The highest BCUT2D eigenvalue weighted by molar-refractivity contribution is 5.73. The number of rotatable bonds is 5. The number of benzene rings is 2. The van der Waals surface area contributed by atoms with E-state index in [1.165, 1.54) is 6.07 Å². The summed E-state index contributed by atoms with van der Waals surface area (Å²) >= 11 is 0. The first kappa shape index (κ1) is 25.5. The molecule has 0 fully saturated rings. The number of fused-ring (bicyclic) bond motifs is 1. The fourth-order valence-corrected chi connectivity index (χ4v) is 3.32. The first-order chi connectivity index (χ1) is 16.4. The molecule has 0 spiro atoms. The molecule has 0 amide bonds. The molecule has 1 aliphatic rings. The number of halogens is 5. The van der Waals surface area contributed by atoms with E-state index in [2.05, 4.69) is 15.3 Å². The molecule has 12 heteroatoms. The second kappa shape index (κ2) is 10.5. The maximum atomic E-state index is 13.6. The summed E-state index contributed by atoms with van der Waals surface area (Å²) in [7, 11) is 0. The molecule has 0 saturated heterocycles. The summed E-state index contributed by atoms with van der Waals surface area (Å²) < 4.78 is 58.6. The third-order valence-corrected chi connectivity index (χ3v) is 4.93. The van der Waals surface area contributed by atoms with Crippen LogP contribution in [0.4, 0.5) is 33.5 Å². The molecule has 35 heavy (non-hydrogen) atoms. The lowest BCUT2D eigenvalue weighted by atomic mass is 10.1. The van der Waals surface area contributed by atoms with Gasteiger partial charge in [-0.05, 0) is 55.2 Å². The minimum absolute atomic E-state index is 0.0382.